The minimum Gasteiger partial charge on any atom is -0.391 e. The first-order chi connectivity index (χ1) is 4.84. The van der Waals surface area contributed by atoms with Crippen LogP contribution in [0.1, 0.15) is 19.3 Å². The molecule has 0 radical (unpaired) electrons. The molecule has 2 unspecified atom stereocenters. The lowest BCUT2D eigenvalue weighted by atomic mass is 10.1. The van der Waals surface area contributed by atoms with Crippen molar-refractivity contribution in [3.05, 3.63) is 12.7 Å². The molecule has 0 aromatic rings. The van der Waals surface area contributed by atoms with Crippen molar-refractivity contribution in [2.24, 2.45) is 0 Å². The molecule has 2 N–H and O–H groups in total. The summed E-state index contributed by atoms with van der Waals surface area (Å²) >= 11 is 0. The van der Waals surface area contributed by atoms with E-state index in [4.69, 9.17) is 0 Å². The first-order valence-electron chi connectivity index (χ1n) is 3.87. The Morgan fingerprint density at radius 2 is 2.60 bits per heavy atom. The van der Waals surface area contributed by atoms with E-state index in [1.165, 1.54) is 6.42 Å². The summed E-state index contributed by atoms with van der Waals surface area (Å²) in [5.74, 6) is 0. The molecule has 1 saturated heterocycles. The SMILES string of the molecule is C=CCC(O)C1CCCN1. The zero-order chi connectivity index (χ0) is 7.40. The minimum absolute atomic E-state index is 0.222. The molecule has 2 nitrogen and oxygen atoms in total. The van der Waals surface area contributed by atoms with Crippen LogP contribution in [0.4, 0.5) is 0 Å². The molecule has 1 fully saturated rings. The smallest absolute Gasteiger partial charge is 0.0727 e. The second-order valence-corrected chi connectivity index (χ2v) is 2.79. The molecule has 0 aromatic carbocycles. The average Bonchev–Trinajstić information content (AvgIpc) is 2.38. The second-order valence-electron chi connectivity index (χ2n) is 2.79. The van der Waals surface area contributed by atoms with Crippen LogP contribution in [0.3, 0.4) is 0 Å². The summed E-state index contributed by atoms with van der Waals surface area (Å²) in [5.41, 5.74) is 0. The fourth-order valence-electron chi connectivity index (χ4n) is 1.37. The van der Waals surface area contributed by atoms with Gasteiger partial charge in [0.1, 0.15) is 0 Å². The van der Waals surface area contributed by atoms with Gasteiger partial charge in [0, 0.05) is 6.04 Å². The van der Waals surface area contributed by atoms with Gasteiger partial charge in [-0.1, -0.05) is 6.08 Å². The third kappa shape index (κ3) is 1.82. The van der Waals surface area contributed by atoms with E-state index in [-0.39, 0.29) is 6.10 Å². The molecule has 2 heteroatoms. The zero-order valence-corrected chi connectivity index (χ0v) is 6.21. The maximum atomic E-state index is 9.42. The number of aliphatic hydroxyl groups excluding tert-OH is 1. The Morgan fingerprint density at radius 1 is 1.80 bits per heavy atom. The molecule has 0 spiro atoms. The van der Waals surface area contributed by atoms with Gasteiger partial charge in [-0.2, -0.15) is 0 Å². The van der Waals surface area contributed by atoms with Gasteiger partial charge in [0.2, 0.25) is 0 Å². The Kier molecular flexibility index (Phi) is 2.90. The van der Waals surface area contributed by atoms with Gasteiger partial charge in [0.05, 0.1) is 6.10 Å². The van der Waals surface area contributed by atoms with Gasteiger partial charge in [-0.3, -0.25) is 0 Å². The van der Waals surface area contributed by atoms with Crippen LogP contribution in [-0.2, 0) is 0 Å². The molecular weight excluding hydrogens is 126 g/mol. The summed E-state index contributed by atoms with van der Waals surface area (Å²) in [7, 11) is 0. The van der Waals surface area contributed by atoms with Gasteiger partial charge in [-0.15, -0.1) is 6.58 Å². The van der Waals surface area contributed by atoms with Crippen molar-refractivity contribution < 1.29 is 5.11 Å². The first-order valence-corrected chi connectivity index (χ1v) is 3.87. The van der Waals surface area contributed by atoms with E-state index in [0.29, 0.717) is 12.5 Å². The van der Waals surface area contributed by atoms with Crippen LogP contribution in [0, 0.1) is 0 Å². The Bertz CT molecular complexity index is 108. The Labute approximate surface area is 61.9 Å². The summed E-state index contributed by atoms with van der Waals surface area (Å²) in [6.45, 7) is 4.64. The van der Waals surface area contributed by atoms with Crippen molar-refractivity contribution in [3.63, 3.8) is 0 Å². The van der Waals surface area contributed by atoms with Crippen LogP contribution in [0.2, 0.25) is 0 Å². The molecule has 0 saturated carbocycles. The summed E-state index contributed by atoms with van der Waals surface area (Å²) in [4.78, 5) is 0. The summed E-state index contributed by atoms with van der Waals surface area (Å²) in [6.07, 6.45) is 4.55. The lowest BCUT2D eigenvalue weighted by Gasteiger charge is -2.15. The first kappa shape index (κ1) is 7.76. The lowest BCUT2D eigenvalue weighted by Crippen LogP contribution is -2.34. The number of nitrogens with one attached hydrogen (secondary N) is 1. The van der Waals surface area contributed by atoms with Crippen molar-refractivity contribution in [2.45, 2.75) is 31.4 Å². The fourth-order valence-corrected chi connectivity index (χ4v) is 1.37. The normalized spacial score (nSPS) is 28.3. The number of aliphatic hydroxyl groups is 1. The van der Waals surface area contributed by atoms with Crippen molar-refractivity contribution in [1.29, 1.82) is 0 Å². The largest absolute Gasteiger partial charge is 0.391 e. The predicted molar refractivity (Wildman–Crippen MR) is 41.8 cm³/mol. The maximum Gasteiger partial charge on any atom is 0.0727 e. The van der Waals surface area contributed by atoms with E-state index in [2.05, 4.69) is 11.9 Å². The zero-order valence-electron chi connectivity index (χ0n) is 6.21. The van der Waals surface area contributed by atoms with Crippen molar-refractivity contribution >= 4 is 0 Å². The Hall–Kier alpha value is -0.340. The van der Waals surface area contributed by atoms with E-state index in [0.717, 1.165) is 13.0 Å². The monoisotopic (exact) mass is 141 g/mol. The third-order valence-electron chi connectivity index (χ3n) is 1.97. The van der Waals surface area contributed by atoms with Crippen LogP contribution in [0.25, 0.3) is 0 Å². The van der Waals surface area contributed by atoms with E-state index < -0.39 is 0 Å². The summed E-state index contributed by atoms with van der Waals surface area (Å²) in [5, 5.41) is 12.7. The van der Waals surface area contributed by atoms with Gasteiger partial charge in [0.15, 0.2) is 0 Å². The Balaban J connectivity index is 2.24. The molecule has 0 aliphatic carbocycles. The van der Waals surface area contributed by atoms with Crippen molar-refractivity contribution in [3.8, 4) is 0 Å². The highest BCUT2D eigenvalue weighted by atomic mass is 16.3. The lowest BCUT2D eigenvalue weighted by molar-refractivity contribution is 0.139. The van der Waals surface area contributed by atoms with Crippen LogP contribution < -0.4 is 5.32 Å². The van der Waals surface area contributed by atoms with Crippen LogP contribution in [0.5, 0.6) is 0 Å². The van der Waals surface area contributed by atoms with Gasteiger partial charge < -0.3 is 10.4 Å². The predicted octanol–water partition coefficient (Wildman–Crippen LogP) is 0.675. The standard InChI is InChI=1S/C8H15NO/c1-2-4-8(10)7-5-3-6-9-7/h2,7-10H,1,3-6H2. The van der Waals surface area contributed by atoms with E-state index in [1.807, 2.05) is 0 Å². The highest BCUT2D eigenvalue weighted by Gasteiger charge is 2.20. The highest BCUT2D eigenvalue weighted by Crippen LogP contribution is 2.11. The van der Waals surface area contributed by atoms with Crippen LogP contribution >= 0.6 is 0 Å². The van der Waals surface area contributed by atoms with E-state index in [9.17, 15) is 5.11 Å². The molecule has 1 heterocycles. The molecule has 0 aromatic heterocycles. The minimum atomic E-state index is -0.222. The molecule has 1 rings (SSSR count). The molecule has 1 aliphatic rings. The topological polar surface area (TPSA) is 32.3 Å². The van der Waals surface area contributed by atoms with E-state index in [1.54, 1.807) is 6.08 Å². The molecule has 58 valence electrons. The van der Waals surface area contributed by atoms with Crippen LogP contribution in [-0.4, -0.2) is 23.8 Å². The summed E-state index contributed by atoms with van der Waals surface area (Å²) in [6, 6.07) is 0.318. The highest BCUT2D eigenvalue weighted by molar-refractivity contribution is 4.85. The molecule has 0 bridgehead atoms. The van der Waals surface area contributed by atoms with Crippen LogP contribution in [0.15, 0.2) is 12.7 Å². The second kappa shape index (κ2) is 3.74. The van der Waals surface area contributed by atoms with Gasteiger partial charge in [-0.25, -0.2) is 0 Å². The maximum absolute atomic E-state index is 9.42. The number of hydrogen-bond donors (Lipinski definition) is 2. The van der Waals surface area contributed by atoms with Crippen molar-refractivity contribution in [1.82, 2.24) is 5.32 Å². The van der Waals surface area contributed by atoms with Crippen molar-refractivity contribution in [2.75, 3.05) is 6.54 Å². The molecule has 1 aliphatic heterocycles. The van der Waals surface area contributed by atoms with Gasteiger partial charge >= 0.3 is 0 Å². The van der Waals surface area contributed by atoms with E-state index >= 15 is 0 Å². The Morgan fingerprint density at radius 3 is 3.10 bits per heavy atom. The third-order valence-corrected chi connectivity index (χ3v) is 1.97. The number of rotatable bonds is 3. The van der Waals surface area contributed by atoms with Gasteiger partial charge in [0.25, 0.3) is 0 Å². The molecule has 10 heavy (non-hydrogen) atoms. The fraction of sp³-hybridized carbons (Fsp3) is 0.750. The molecule has 0 amide bonds. The quantitative estimate of drug-likeness (QED) is 0.566. The molecular formula is C8H15NO. The number of hydrogen-bond acceptors (Lipinski definition) is 2. The summed E-state index contributed by atoms with van der Waals surface area (Å²) < 4.78 is 0. The average molecular weight is 141 g/mol. The molecule has 2 atom stereocenters. The van der Waals surface area contributed by atoms with Gasteiger partial charge in [-0.05, 0) is 25.8 Å².